The van der Waals surface area contributed by atoms with Gasteiger partial charge >= 0.3 is 0 Å². The second kappa shape index (κ2) is 17.6. The molecule has 0 N–H and O–H groups in total. The van der Waals surface area contributed by atoms with Gasteiger partial charge in [-0.3, -0.25) is 4.57 Å². The molecule has 0 amide bonds. The van der Waals surface area contributed by atoms with E-state index in [1.165, 1.54) is 0 Å². The van der Waals surface area contributed by atoms with E-state index in [4.69, 9.17) is 19.3 Å². The predicted octanol–water partition coefficient (Wildman–Crippen LogP) is 15.1. The summed E-state index contributed by atoms with van der Waals surface area (Å²) in [7, 11) is 0. The zero-order chi connectivity index (χ0) is 53.8. The maximum atomic E-state index is 9.20. The molecule has 6 heteroatoms. The van der Waals surface area contributed by atoms with Crippen molar-refractivity contribution in [1.82, 2.24) is 14.1 Å². The SMILES string of the molecule is [2H]c1c([2H])c([2H])c(-c2cccc(-c3cc(C(C)(C)C)cc(C(C)(C)C)c3)c2-[n+]2[c-]n(-c3[c-]c(Oc4[c-]c5c(cc4)c4c([2H])c([2H])c([2H])c([2H])c4n5-c4cc(CC(C)(C)C)ccn4)ccc3)c3ccccc32)c([2H])c1[2H].[Pt]. The molecule has 3 aromatic heterocycles. The van der Waals surface area contributed by atoms with Crippen molar-refractivity contribution in [1.29, 1.82) is 0 Å². The molecule has 0 radical (unpaired) electrons. The van der Waals surface area contributed by atoms with E-state index in [1.54, 1.807) is 35.0 Å². The number of aromatic nitrogens is 4. The number of ether oxygens (including phenoxy) is 1. The van der Waals surface area contributed by atoms with Crippen molar-refractivity contribution in [3.63, 3.8) is 0 Å². The molecule has 0 aliphatic rings. The van der Waals surface area contributed by atoms with Gasteiger partial charge in [0, 0.05) is 44.3 Å². The first-order valence-corrected chi connectivity index (χ1v) is 22.3. The van der Waals surface area contributed by atoms with Gasteiger partial charge in [0.1, 0.15) is 5.82 Å². The second-order valence-corrected chi connectivity index (χ2v) is 20.2. The van der Waals surface area contributed by atoms with Gasteiger partial charge in [0.25, 0.3) is 6.33 Å². The molecule has 5 nitrogen and oxygen atoms in total. The molecule has 0 aliphatic heterocycles. The van der Waals surface area contributed by atoms with Gasteiger partial charge in [-0.05, 0) is 90.9 Å². The summed E-state index contributed by atoms with van der Waals surface area (Å²) in [5.74, 6) is 1.13. The number of pyridine rings is 1. The van der Waals surface area contributed by atoms with E-state index < -0.39 is 18.1 Å². The van der Waals surface area contributed by atoms with Crippen LogP contribution in [0.2, 0.25) is 0 Å². The Balaban J connectivity index is 0.00000706. The number of rotatable bonds is 8. The van der Waals surface area contributed by atoms with Crippen molar-refractivity contribution < 1.29 is 42.7 Å². The van der Waals surface area contributed by atoms with Crippen LogP contribution in [0.4, 0.5) is 0 Å². The van der Waals surface area contributed by atoms with Gasteiger partial charge in [-0.2, -0.15) is 18.2 Å². The topological polar surface area (TPSA) is 35.9 Å². The molecule has 7 aromatic carbocycles. The third-order valence-corrected chi connectivity index (χ3v) is 11.8. The normalized spacial score (nSPS) is 14.1. The molecule has 0 spiro atoms. The van der Waals surface area contributed by atoms with Crippen LogP contribution < -0.4 is 9.30 Å². The Hall–Kier alpha value is -6.55. The Morgan fingerprint density at radius 2 is 1.30 bits per heavy atom. The van der Waals surface area contributed by atoms with E-state index >= 15 is 0 Å². The van der Waals surface area contributed by atoms with E-state index in [-0.39, 0.29) is 84.6 Å². The van der Waals surface area contributed by atoms with Gasteiger partial charge in [0.2, 0.25) is 0 Å². The van der Waals surface area contributed by atoms with Crippen LogP contribution in [0.5, 0.6) is 11.5 Å². The molecule has 0 unspecified atom stereocenters. The summed E-state index contributed by atoms with van der Waals surface area (Å²) in [6.45, 7) is 19.5. The van der Waals surface area contributed by atoms with Crippen LogP contribution >= 0.6 is 0 Å². The Morgan fingerprint density at radius 3 is 2.03 bits per heavy atom. The zero-order valence-corrected chi connectivity index (χ0v) is 41.4. The third kappa shape index (κ3) is 9.02. The quantitative estimate of drug-likeness (QED) is 0.112. The van der Waals surface area contributed by atoms with E-state index in [0.717, 1.165) is 45.3 Å². The van der Waals surface area contributed by atoms with E-state index in [2.05, 4.69) is 99.0 Å². The largest absolute Gasteiger partial charge is 0.510 e. The van der Waals surface area contributed by atoms with E-state index in [9.17, 15) is 2.74 Å². The van der Waals surface area contributed by atoms with Crippen molar-refractivity contribution in [2.45, 2.75) is 79.6 Å². The van der Waals surface area contributed by atoms with Crippen molar-refractivity contribution in [3.8, 4) is 50.9 Å². The third-order valence-electron chi connectivity index (χ3n) is 11.8. The molecule has 3 heterocycles. The minimum absolute atomic E-state index is 0. The van der Waals surface area contributed by atoms with E-state index in [1.807, 2.05) is 69.8 Å². The maximum Gasteiger partial charge on any atom is 0.268 e. The fourth-order valence-corrected chi connectivity index (χ4v) is 8.62. The summed E-state index contributed by atoms with van der Waals surface area (Å²) < 4.78 is 91.7. The van der Waals surface area contributed by atoms with Gasteiger partial charge in [-0.1, -0.05) is 177 Å². The number of hydrogen-bond donors (Lipinski definition) is 0. The molecule has 67 heavy (non-hydrogen) atoms. The summed E-state index contributed by atoms with van der Waals surface area (Å²) in [5.41, 5.74) is 8.33. The van der Waals surface area contributed by atoms with E-state index in [0.29, 0.717) is 50.5 Å². The van der Waals surface area contributed by atoms with Crippen LogP contribution in [-0.2, 0) is 38.3 Å². The molecular weight excluding hydrogens is 1000 g/mol. The summed E-state index contributed by atoms with van der Waals surface area (Å²) in [4.78, 5) is 4.73. The van der Waals surface area contributed by atoms with Crippen LogP contribution in [0.3, 0.4) is 0 Å². The molecule has 0 aliphatic carbocycles. The average Bonchev–Trinajstić information content (AvgIpc) is 3.99. The first-order chi connectivity index (χ1) is 35.3. The van der Waals surface area contributed by atoms with Crippen molar-refractivity contribution in [2.24, 2.45) is 5.41 Å². The minimum atomic E-state index is -0.472. The monoisotopic (exact) mass is 1060 g/mol. The molecule has 10 rings (SSSR count). The first kappa shape index (κ1) is 35.6. The van der Waals surface area contributed by atoms with Gasteiger partial charge in [0.05, 0.1) is 29.1 Å². The first-order valence-electron chi connectivity index (χ1n) is 26.8. The van der Waals surface area contributed by atoms with Crippen LogP contribution in [0.15, 0.2) is 164 Å². The molecular formula is C61H56N4OPt-2. The number of fused-ring (bicyclic) bond motifs is 4. The Morgan fingerprint density at radius 1 is 0.627 bits per heavy atom. The summed E-state index contributed by atoms with van der Waals surface area (Å²) in [6, 6.07) is 36.8. The molecule has 0 bridgehead atoms. The molecule has 10 aromatic rings. The smallest absolute Gasteiger partial charge is 0.268 e. The molecule has 0 saturated carbocycles. The van der Waals surface area contributed by atoms with Crippen LogP contribution in [0.1, 0.15) is 91.3 Å². The summed E-state index contributed by atoms with van der Waals surface area (Å²) >= 11 is 0. The number of benzene rings is 7. The van der Waals surface area contributed by atoms with Crippen LogP contribution in [-0.4, -0.2) is 14.1 Å². The fourth-order valence-electron chi connectivity index (χ4n) is 8.62. The van der Waals surface area contributed by atoms with Gasteiger partial charge in [-0.15, -0.1) is 29.7 Å². The van der Waals surface area contributed by atoms with Gasteiger partial charge < -0.3 is 13.9 Å². The molecule has 0 atom stereocenters. The standard InChI is InChI=1S/C61H56N4O.Pt/c1-59(2,3)39-41-31-32-62-57(33-41)65-53-26-14-13-23-51(53)52-30-29-48(38-56(52)65)66-47-22-17-21-46(37-47)63-40-64(55-28-16-15-27-54(55)63)58-49(42-19-11-10-12-20-42)24-18-25-50(58)43-34-44(60(4,5)6)36-45(35-43)61(7,8)9;/h10-36H,39H2,1-9H3;/q-2;/i10D,11D,12D,13D,14D,19D,20D,23D,26D;. The zero-order valence-electron chi connectivity index (χ0n) is 48.1. The summed E-state index contributed by atoms with van der Waals surface area (Å²) in [5, 5.41) is 0.914. The molecule has 0 fully saturated rings. The Labute approximate surface area is 422 Å². The number of imidazole rings is 1. The number of para-hydroxylation sites is 4. The van der Waals surface area contributed by atoms with Gasteiger partial charge in [0.15, 0.2) is 0 Å². The van der Waals surface area contributed by atoms with Crippen LogP contribution in [0, 0.1) is 23.9 Å². The Bertz CT molecular complexity index is 3910. The molecule has 0 saturated heterocycles. The fraction of sp³-hybridized carbons (Fsp3) is 0.213. The Kier molecular flexibility index (Phi) is 9.35. The minimum Gasteiger partial charge on any atom is -0.510 e. The van der Waals surface area contributed by atoms with Crippen molar-refractivity contribution >= 4 is 32.8 Å². The molecule has 338 valence electrons. The number of hydrogen-bond acceptors (Lipinski definition) is 2. The summed E-state index contributed by atoms with van der Waals surface area (Å²) in [6.07, 6.45) is 6.09. The van der Waals surface area contributed by atoms with Crippen molar-refractivity contribution in [3.05, 3.63) is 199 Å². The maximum absolute atomic E-state index is 9.20. The predicted molar refractivity (Wildman–Crippen MR) is 271 cm³/mol. The van der Waals surface area contributed by atoms with Gasteiger partial charge in [-0.25, -0.2) is 4.98 Å². The average molecular weight is 1070 g/mol. The van der Waals surface area contributed by atoms with Crippen molar-refractivity contribution in [2.75, 3.05) is 0 Å². The van der Waals surface area contributed by atoms with Crippen LogP contribution in [0.25, 0.3) is 72.3 Å². The second-order valence-electron chi connectivity index (χ2n) is 20.2. The number of nitrogens with zero attached hydrogens (tertiary/aromatic N) is 4.